The van der Waals surface area contributed by atoms with Crippen LogP contribution >= 0.6 is 11.6 Å². The van der Waals surface area contributed by atoms with Crippen LogP contribution in [0.2, 0.25) is 5.02 Å². The maximum Gasteiger partial charge on any atom is 0.195 e. The second-order valence-electron chi connectivity index (χ2n) is 4.09. The summed E-state index contributed by atoms with van der Waals surface area (Å²) in [6.45, 7) is 2.01. The van der Waals surface area contributed by atoms with E-state index in [2.05, 4.69) is 4.98 Å². The molecule has 0 bridgehead atoms. The molecule has 0 aliphatic heterocycles. The van der Waals surface area contributed by atoms with E-state index < -0.39 is 0 Å². The highest BCUT2D eigenvalue weighted by Gasteiger charge is 2.06. The lowest BCUT2D eigenvalue weighted by atomic mass is 10.1. The minimum Gasteiger partial charge on any atom is -0.441 e. The van der Waals surface area contributed by atoms with E-state index in [1.165, 1.54) is 0 Å². The number of fused-ring (bicyclic) bond motifs is 1. The molecule has 0 spiro atoms. The van der Waals surface area contributed by atoms with Gasteiger partial charge in [-0.1, -0.05) is 11.6 Å². The van der Waals surface area contributed by atoms with E-state index >= 15 is 0 Å². The lowest BCUT2D eigenvalue weighted by molar-refractivity contribution is 0.503. The molecule has 0 aliphatic rings. The van der Waals surface area contributed by atoms with Crippen molar-refractivity contribution >= 4 is 22.7 Å². The smallest absolute Gasteiger partial charge is 0.195 e. The lowest BCUT2D eigenvalue weighted by Gasteiger charge is -2.01. The predicted molar refractivity (Wildman–Crippen MR) is 65.6 cm³/mol. The van der Waals surface area contributed by atoms with Crippen molar-refractivity contribution in [2.75, 3.05) is 0 Å². The summed E-state index contributed by atoms with van der Waals surface area (Å²) < 4.78 is 5.59. The first-order valence-electron chi connectivity index (χ1n) is 5.45. The van der Waals surface area contributed by atoms with Crippen molar-refractivity contribution in [3.05, 3.63) is 29.1 Å². The molecule has 0 saturated carbocycles. The number of aryl methyl sites for hydroxylation is 1. The predicted octanol–water partition coefficient (Wildman–Crippen LogP) is 3.15. The first-order valence-corrected chi connectivity index (χ1v) is 5.83. The molecule has 2 aromatic rings. The van der Waals surface area contributed by atoms with Crippen LogP contribution in [0.25, 0.3) is 11.1 Å². The molecular formula is C12H15ClN2O. The van der Waals surface area contributed by atoms with Crippen LogP contribution in [0.3, 0.4) is 0 Å². The summed E-state index contributed by atoms with van der Waals surface area (Å²) in [7, 11) is 0. The molecule has 1 aromatic carbocycles. The molecule has 16 heavy (non-hydrogen) atoms. The molecule has 86 valence electrons. The van der Waals surface area contributed by atoms with Gasteiger partial charge >= 0.3 is 0 Å². The highest BCUT2D eigenvalue weighted by atomic mass is 35.5. The van der Waals surface area contributed by atoms with Crippen molar-refractivity contribution in [1.82, 2.24) is 4.98 Å². The molecule has 3 nitrogen and oxygen atoms in total. The summed E-state index contributed by atoms with van der Waals surface area (Å²) in [4.78, 5) is 4.38. The van der Waals surface area contributed by atoms with Crippen LogP contribution in [0.4, 0.5) is 0 Å². The van der Waals surface area contributed by atoms with Gasteiger partial charge in [-0.05, 0) is 31.9 Å². The van der Waals surface area contributed by atoms with Gasteiger partial charge in [0.2, 0.25) is 0 Å². The standard InChI is InChI=1S/C12H15ClN2O/c1-8(14)3-2-4-12-15-10-6-5-9(13)7-11(10)16-12/h5-8H,2-4,14H2,1H3. The zero-order chi connectivity index (χ0) is 11.5. The molecule has 2 rings (SSSR count). The van der Waals surface area contributed by atoms with Gasteiger partial charge in [0.1, 0.15) is 5.52 Å². The Labute approximate surface area is 99.6 Å². The number of benzene rings is 1. The van der Waals surface area contributed by atoms with Crippen LogP contribution in [0.15, 0.2) is 22.6 Å². The zero-order valence-corrected chi connectivity index (χ0v) is 10.00. The van der Waals surface area contributed by atoms with Gasteiger partial charge in [0.05, 0.1) is 0 Å². The van der Waals surface area contributed by atoms with Gasteiger partial charge in [0.15, 0.2) is 11.5 Å². The molecule has 4 heteroatoms. The third-order valence-electron chi connectivity index (χ3n) is 2.44. The Morgan fingerprint density at radius 1 is 1.50 bits per heavy atom. The van der Waals surface area contributed by atoms with Crippen LogP contribution in [0, 0.1) is 0 Å². The summed E-state index contributed by atoms with van der Waals surface area (Å²) >= 11 is 5.87. The van der Waals surface area contributed by atoms with E-state index in [1.807, 2.05) is 19.1 Å². The Bertz CT molecular complexity index is 479. The number of hydrogen-bond acceptors (Lipinski definition) is 3. The fourth-order valence-corrected chi connectivity index (χ4v) is 1.79. The average Bonchev–Trinajstić information content (AvgIpc) is 2.58. The maximum absolute atomic E-state index is 5.87. The third kappa shape index (κ3) is 2.74. The van der Waals surface area contributed by atoms with Gasteiger partial charge in [-0.25, -0.2) is 4.98 Å². The molecule has 1 unspecified atom stereocenters. The Morgan fingerprint density at radius 2 is 2.31 bits per heavy atom. The van der Waals surface area contributed by atoms with Crippen molar-refractivity contribution in [1.29, 1.82) is 0 Å². The number of oxazole rings is 1. The molecule has 1 atom stereocenters. The van der Waals surface area contributed by atoms with Gasteiger partial charge in [-0.2, -0.15) is 0 Å². The highest BCUT2D eigenvalue weighted by Crippen LogP contribution is 2.20. The topological polar surface area (TPSA) is 52.0 Å². The quantitative estimate of drug-likeness (QED) is 0.890. The van der Waals surface area contributed by atoms with Crippen LogP contribution in [-0.2, 0) is 6.42 Å². The molecule has 0 saturated heterocycles. The van der Waals surface area contributed by atoms with Crippen molar-refractivity contribution in [3.63, 3.8) is 0 Å². The van der Waals surface area contributed by atoms with Crippen molar-refractivity contribution in [2.24, 2.45) is 5.73 Å². The molecule has 2 N–H and O–H groups in total. The number of aromatic nitrogens is 1. The van der Waals surface area contributed by atoms with E-state index in [0.717, 1.165) is 36.3 Å². The first kappa shape index (κ1) is 11.4. The minimum absolute atomic E-state index is 0.235. The maximum atomic E-state index is 5.87. The summed E-state index contributed by atoms with van der Waals surface area (Å²) in [6, 6.07) is 5.71. The van der Waals surface area contributed by atoms with Crippen molar-refractivity contribution < 1.29 is 4.42 Å². The Kier molecular flexibility index (Phi) is 3.46. The van der Waals surface area contributed by atoms with Crippen LogP contribution in [-0.4, -0.2) is 11.0 Å². The Hall–Kier alpha value is -1.06. The zero-order valence-electron chi connectivity index (χ0n) is 9.24. The summed E-state index contributed by atoms with van der Waals surface area (Å²) in [6.07, 6.45) is 2.81. The van der Waals surface area contributed by atoms with Gasteiger partial charge in [-0.15, -0.1) is 0 Å². The average molecular weight is 239 g/mol. The number of rotatable bonds is 4. The highest BCUT2D eigenvalue weighted by molar-refractivity contribution is 6.31. The van der Waals surface area contributed by atoms with E-state index in [1.54, 1.807) is 6.07 Å². The summed E-state index contributed by atoms with van der Waals surface area (Å²) in [5, 5.41) is 0.672. The fraction of sp³-hybridized carbons (Fsp3) is 0.417. The summed E-state index contributed by atoms with van der Waals surface area (Å²) in [5.41, 5.74) is 7.30. The van der Waals surface area contributed by atoms with Crippen molar-refractivity contribution in [2.45, 2.75) is 32.2 Å². The minimum atomic E-state index is 0.235. The number of halogens is 1. The fourth-order valence-electron chi connectivity index (χ4n) is 1.63. The van der Waals surface area contributed by atoms with Gasteiger partial charge in [-0.3, -0.25) is 0 Å². The molecule has 0 radical (unpaired) electrons. The van der Waals surface area contributed by atoms with Gasteiger partial charge < -0.3 is 10.2 Å². The lowest BCUT2D eigenvalue weighted by Crippen LogP contribution is -2.14. The number of nitrogens with zero attached hydrogens (tertiary/aromatic N) is 1. The Morgan fingerprint density at radius 3 is 3.06 bits per heavy atom. The molecule has 1 aromatic heterocycles. The molecule has 0 fully saturated rings. The third-order valence-corrected chi connectivity index (χ3v) is 2.68. The monoisotopic (exact) mass is 238 g/mol. The molecule has 0 amide bonds. The largest absolute Gasteiger partial charge is 0.441 e. The molecular weight excluding hydrogens is 224 g/mol. The van der Waals surface area contributed by atoms with Gasteiger partial charge in [0.25, 0.3) is 0 Å². The van der Waals surface area contributed by atoms with E-state index in [4.69, 9.17) is 21.8 Å². The van der Waals surface area contributed by atoms with Crippen LogP contribution < -0.4 is 5.73 Å². The van der Waals surface area contributed by atoms with Crippen LogP contribution in [0.1, 0.15) is 25.7 Å². The molecule has 1 heterocycles. The Balaban J connectivity index is 2.08. The van der Waals surface area contributed by atoms with Crippen LogP contribution in [0.5, 0.6) is 0 Å². The number of nitrogens with two attached hydrogens (primary N) is 1. The van der Waals surface area contributed by atoms with E-state index in [9.17, 15) is 0 Å². The van der Waals surface area contributed by atoms with Crippen molar-refractivity contribution in [3.8, 4) is 0 Å². The van der Waals surface area contributed by atoms with E-state index in [-0.39, 0.29) is 6.04 Å². The second-order valence-corrected chi connectivity index (χ2v) is 4.53. The second kappa shape index (κ2) is 4.85. The first-order chi connectivity index (χ1) is 7.65. The summed E-state index contributed by atoms with van der Waals surface area (Å²) in [5.74, 6) is 0.762. The SMILES string of the molecule is CC(N)CCCc1nc2ccc(Cl)cc2o1. The number of hydrogen-bond donors (Lipinski definition) is 1. The molecule has 0 aliphatic carbocycles. The van der Waals surface area contributed by atoms with Gasteiger partial charge in [0, 0.05) is 23.6 Å². The van der Waals surface area contributed by atoms with E-state index in [0.29, 0.717) is 5.02 Å². The normalized spacial score (nSPS) is 13.2.